The molecule has 0 saturated heterocycles. The molecule has 0 aliphatic carbocycles. The molecule has 0 aromatic heterocycles. The van der Waals surface area contributed by atoms with E-state index in [4.69, 9.17) is 37.0 Å². The Hall–Kier alpha value is -1.94. The minimum Gasteiger partial charge on any atom is -0.462 e. The molecule has 0 aliphatic rings. The van der Waals surface area contributed by atoms with Crippen LogP contribution in [-0.2, 0) is 65.4 Å². The number of aliphatic hydroxyl groups is 1. The third-order valence-corrected chi connectivity index (χ3v) is 21.0. The normalized spacial score (nSPS) is 14.6. The first-order valence-corrected chi connectivity index (χ1v) is 43.9. The summed E-state index contributed by atoms with van der Waals surface area (Å²) < 4.78 is 68.6. The first-order valence-electron chi connectivity index (χ1n) is 40.9. The molecule has 98 heavy (non-hydrogen) atoms. The van der Waals surface area contributed by atoms with E-state index in [0.29, 0.717) is 31.6 Å². The number of esters is 4. The lowest BCUT2D eigenvalue weighted by molar-refractivity contribution is -0.161. The van der Waals surface area contributed by atoms with Gasteiger partial charge >= 0.3 is 39.5 Å². The van der Waals surface area contributed by atoms with Crippen LogP contribution in [0.1, 0.15) is 408 Å². The second kappa shape index (κ2) is 69.4. The van der Waals surface area contributed by atoms with Gasteiger partial charge in [0.2, 0.25) is 0 Å². The van der Waals surface area contributed by atoms with E-state index in [1.807, 2.05) is 0 Å². The summed E-state index contributed by atoms with van der Waals surface area (Å²) in [6.45, 7) is 12.0. The summed E-state index contributed by atoms with van der Waals surface area (Å²) in [4.78, 5) is 72.9. The van der Waals surface area contributed by atoms with Gasteiger partial charge in [0.05, 0.1) is 26.4 Å². The molecule has 0 saturated carbocycles. The van der Waals surface area contributed by atoms with Crippen LogP contribution in [0.5, 0.6) is 0 Å². The molecule has 4 unspecified atom stereocenters. The van der Waals surface area contributed by atoms with Crippen LogP contribution in [0.25, 0.3) is 0 Å². The number of aliphatic hydroxyl groups excluding tert-OH is 1. The molecule has 0 aromatic carbocycles. The zero-order valence-electron chi connectivity index (χ0n) is 64.3. The Labute approximate surface area is 600 Å². The van der Waals surface area contributed by atoms with Crippen LogP contribution in [0.2, 0.25) is 0 Å². The monoisotopic (exact) mass is 1440 g/mol. The van der Waals surface area contributed by atoms with Gasteiger partial charge in [0.15, 0.2) is 12.2 Å². The van der Waals surface area contributed by atoms with Crippen molar-refractivity contribution in [1.82, 2.24) is 0 Å². The van der Waals surface area contributed by atoms with E-state index >= 15 is 0 Å². The van der Waals surface area contributed by atoms with E-state index in [0.717, 1.165) is 108 Å². The third kappa shape index (κ3) is 69.8. The fourth-order valence-electron chi connectivity index (χ4n) is 12.1. The van der Waals surface area contributed by atoms with Gasteiger partial charge < -0.3 is 33.8 Å². The summed E-state index contributed by atoms with van der Waals surface area (Å²) in [5, 5.41) is 10.6. The molecule has 0 aromatic rings. The van der Waals surface area contributed by atoms with Crippen molar-refractivity contribution in [3.8, 4) is 0 Å². The highest BCUT2D eigenvalue weighted by Gasteiger charge is 2.30. The zero-order chi connectivity index (χ0) is 72.3. The van der Waals surface area contributed by atoms with Crippen molar-refractivity contribution in [2.24, 2.45) is 17.8 Å². The molecule has 582 valence electrons. The number of rotatable bonds is 77. The van der Waals surface area contributed by atoms with Crippen LogP contribution in [0.15, 0.2) is 0 Å². The first kappa shape index (κ1) is 96.1. The van der Waals surface area contributed by atoms with Crippen molar-refractivity contribution in [1.29, 1.82) is 0 Å². The lowest BCUT2D eigenvalue weighted by atomic mass is 9.99. The summed E-state index contributed by atoms with van der Waals surface area (Å²) in [7, 11) is -9.91. The van der Waals surface area contributed by atoms with Gasteiger partial charge in [0.25, 0.3) is 0 Å². The standard InChI is InChI=1S/C79H154O17P2/c1-8-11-12-13-14-15-16-26-33-40-48-55-62-78(83)96-75(67-90-77(82)61-54-47-42-35-36-43-50-57-70(4)5)69-94-98(87,88)92-65-73(80)64-91-97(85,86)93-68-74(66-89-76(81)60-53-46-39-32-29-28-31-38-45-52-59-72(7)10-3)95-79(84)63-56-49-41-34-27-24-22-20-18-17-19-21-23-25-30-37-44-51-58-71(6)9-2/h70-75,80H,8-69H2,1-7H3,(H,85,86)(H,87,88)/t71?,72?,73-,74-,75-/m1/s1. The van der Waals surface area contributed by atoms with Crippen molar-refractivity contribution in [3.05, 3.63) is 0 Å². The van der Waals surface area contributed by atoms with Crippen LogP contribution in [0, 0.1) is 17.8 Å². The molecular formula is C79H154O17P2. The Bertz CT molecular complexity index is 1910. The highest BCUT2D eigenvalue weighted by molar-refractivity contribution is 7.47. The molecule has 17 nitrogen and oxygen atoms in total. The van der Waals surface area contributed by atoms with Gasteiger partial charge in [-0.2, -0.15) is 0 Å². The molecule has 0 amide bonds. The zero-order valence-corrected chi connectivity index (χ0v) is 66.0. The van der Waals surface area contributed by atoms with E-state index in [1.165, 1.54) is 212 Å². The largest absolute Gasteiger partial charge is 0.472 e. The predicted octanol–water partition coefficient (Wildman–Crippen LogP) is 23.4. The van der Waals surface area contributed by atoms with E-state index in [1.54, 1.807) is 0 Å². The van der Waals surface area contributed by atoms with Crippen LogP contribution in [0.4, 0.5) is 0 Å². The Morgan fingerprint density at radius 2 is 0.520 bits per heavy atom. The molecule has 0 spiro atoms. The second-order valence-corrected chi connectivity index (χ2v) is 32.3. The fourth-order valence-corrected chi connectivity index (χ4v) is 13.6. The maximum absolute atomic E-state index is 13.1. The van der Waals surface area contributed by atoms with Gasteiger partial charge in [-0.15, -0.1) is 0 Å². The molecule has 7 atom stereocenters. The van der Waals surface area contributed by atoms with E-state index < -0.39 is 97.5 Å². The summed E-state index contributed by atoms with van der Waals surface area (Å²) in [6, 6.07) is 0. The minimum atomic E-state index is -4.96. The third-order valence-electron chi connectivity index (χ3n) is 19.1. The smallest absolute Gasteiger partial charge is 0.462 e. The summed E-state index contributed by atoms with van der Waals surface area (Å²) >= 11 is 0. The molecule has 0 heterocycles. The van der Waals surface area contributed by atoms with Crippen molar-refractivity contribution in [2.75, 3.05) is 39.6 Å². The summed E-state index contributed by atoms with van der Waals surface area (Å²) in [6.07, 6.45) is 56.9. The van der Waals surface area contributed by atoms with Crippen LogP contribution >= 0.6 is 15.6 Å². The second-order valence-electron chi connectivity index (χ2n) is 29.4. The lowest BCUT2D eigenvalue weighted by Crippen LogP contribution is -2.30. The van der Waals surface area contributed by atoms with Gasteiger partial charge in [-0.05, 0) is 43.4 Å². The maximum atomic E-state index is 13.1. The fraction of sp³-hybridized carbons (Fsp3) is 0.949. The molecule has 0 rings (SSSR count). The van der Waals surface area contributed by atoms with Crippen molar-refractivity contribution in [3.63, 3.8) is 0 Å². The Kier molecular flexibility index (Phi) is 68.1. The minimum absolute atomic E-state index is 0.106. The first-order chi connectivity index (χ1) is 47.3. The number of hydrogen-bond acceptors (Lipinski definition) is 15. The average Bonchev–Trinajstić information content (AvgIpc) is 0.943. The molecular weight excluding hydrogens is 1280 g/mol. The number of hydrogen-bond donors (Lipinski definition) is 3. The maximum Gasteiger partial charge on any atom is 0.472 e. The number of phosphoric acid groups is 2. The molecule has 0 aliphatic heterocycles. The quantitative estimate of drug-likeness (QED) is 0.0222. The number of ether oxygens (including phenoxy) is 4. The van der Waals surface area contributed by atoms with Crippen molar-refractivity contribution in [2.45, 2.75) is 426 Å². The SMILES string of the molecule is CCCCCCCCCCCCCCC(=O)O[C@H](COC(=O)CCCCCCCCCC(C)C)COP(=O)(O)OC[C@H](O)COP(=O)(O)OC[C@@H](COC(=O)CCCCCCCCCCCCC(C)CC)OC(=O)CCCCCCCCCCCCCCCCCCCCC(C)CC. The number of phosphoric ester groups is 2. The lowest BCUT2D eigenvalue weighted by Gasteiger charge is -2.21. The van der Waals surface area contributed by atoms with Gasteiger partial charge in [0, 0.05) is 25.7 Å². The van der Waals surface area contributed by atoms with Gasteiger partial charge in [0.1, 0.15) is 19.3 Å². The van der Waals surface area contributed by atoms with Crippen LogP contribution < -0.4 is 0 Å². The van der Waals surface area contributed by atoms with E-state index in [2.05, 4.69) is 48.5 Å². The van der Waals surface area contributed by atoms with Gasteiger partial charge in [-0.25, -0.2) is 9.13 Å². The predicted molar refractivity (Wildman–Crippen MR) is 400 cm³/mol. The number of carbonyl (C=O) groups is 4. The van der Waals surface area contributed by atoms with Gasteiger partial charge in [-0.1, -0.05) is 357 Å². The Balaban J connectivity index is 5.20. The van der Waals surface area contributed by atoms with Gasteiger partial charge in [-0.3, -0.25) is 37.3 Å². The van der Waals surface area contributed by atoms with Crippen LogP contribution in [0.3, 0.4) is 0 Å². The van der Waals surface area contributed by atoms with Crippen molar-refractivity contribution >= 4 is 39.5 Å². The summed E-state index contributed by atoms with van der Waals surface area (Å²) in [5.74, 6) is 0.271. The van der Waals surface area contributed by atoms with Crippen LogP contribution in [-0.4, -0.2) is 96.7 Å². The van der Waals surface area contributed by atoms with E-state index in [-0.39, 0.29) is 25.7 Å². The van der Waals surface area contributed by atoms with E-state index in [9.17, 15) is 43.2 Å². The molecule has 0 fully saturated rings. The molecule has 3 N–H and O–H groups in total. The summed E-state index contributed by atoms with van der Waals surface area (Å²) in [5.41, 5.74) is 0. The molecule has 19 heteroatoms. The Morgan fingerprint density at radius 1 is 0.296 bits per heavy atom. The molecule has 0 bridgehead atoms. The highest BCUT2D eigenvalue weighted by Crippen LogP contribution is 2.45. The Morgan fingerprint density at radius 3 is 0.776 bits per heavy atom. The number of carbonyl (C=O) groups excluding carboxylic acids is 4. The average molecular weight is 1440 g/mol. The highest BCUT2D eigenvalue weighted by atomic mass is 31.2. The van der Waals surface area contributed by atoms with Crippen molar-refractivity contribution < 1.29 is 80.2 Å². The number of unbranched alkanes of at least 4 members (excludes halogenated alkanes) is 43. The topological polar surface area (TPSA) is 237 Å². The molecule has 0 radical (unpaired) electrons.